The number of carbonyl (C=O) groups excluding carboxylic acids is 2. The van der Waals surface area contributed by atoms with Gasteiger partial charge in [-0.2, -0.15) is 0 Å². The lowest BCUT2D eigenvalue weighted by Crippen LogP contribution is -2.32. The van der Waals surface area contributed by atoms with Crippen molar-refractivity contribution in [2.45, 2.75) is 51.2 Å². The van der Waals surface area contributed by atoms with E-state index in [1.54, 1.807) is 24.3 Å². The van der Waals surface area contributed by atoms with Crippen molar-refractivity contribution < 1.29 is 14.3 Å². The van der Waals surface area contributed by atoms with Crippen LogP contribution in [0.2, 0.25) is 0 Å². The van der Waals surface area contributed by atoms with Crippen LogP contribution in [-0.2, 0) is 9.53 Å². The first kappa shape index (κ1) is 16.3. The van der Waals surface area contributed by atoms with Gasteiger partial charge in [0.2, 0.25) is 0 Å². The van der Waals surface area contributed by atoms with Gasteiger partial charge in [-0.1, -0.05) is 19.8 Å². The molecule has 1 aliphatic carbocycles. The van der Waals surface area contributed by atoms with Gasteiger partial charge in [0.25, 0.3) is 5.91 Å². The topological polar surface area (TPSA) is 93.4 Å². The SMILES string of the molecule is CC[C@@H](OC1CCCC1)C(=O)Nc1ccc(NC(N)=O)cc1. The summed E-state index contributed by atoms with van der Waals surface area (Å²) >= 11 is 0. The zero-order valence-corrected chi connectivity index (χ0v) is 12.8. The summed E-state index contributed by atoms with van der Waals surface area (Å²) in [6.07, 6.45) is 4.86. The first-order chi connectivity index (χ1) is 10.6. The van der Waals surface area contributed by atoms with E-state index in [2.05, 4.69) is 10.6 Å². The molecule has 1 aromatic carbocycles. The molecule has 120 valence electrons. The monoisotopic (exact) mass is 305 g/mol. The molecule has 22 heavy (non-hydrogen) atoms. The van der Waals surface area contributed by atoms with Gasteiger partial charge in [-0.25, -0.2) is 4.79 Å². The van der Waals surface area contributed by atoms with Gasteiger partial charge in [0.1, 0.15) is 6.10 Å². The van der Waals surface area contributed by atoms with Gasteiger partial charge >= 0.3 is 6.03 Å². The Morgan fingerprint density at radius 3 is 2.23 bits per heavy atom. The first-order valence-corrected chi connectivity index (χ1v) is 7.71. The Bertz CT molecular complexity index is 510. The molecule has 1 aliphatic rings. The van der Waals surface area contributed by atoms with Gasteiger partial charge in [0, 0.05) is 11.4 Å². The summed E-state index contributed by atoms with van der Waals surface area (Å²) in [5.41, 5.74) is 6.29. The lowest BCUT2D eigenvalue weighted by atomic mass is 10.2. The van der Waals surface area contributed by atoms with Gasteiger partial charge in [-0.15, -0.1) is 0 Å². The predicted molar refractivity (Wildman–Crippen MR) is 85.7 cm³/mol. The Kier molecular flexibility index (Phi) is 5.77. The zero-order chi connectivity index (χ0) is 15.9. The summed E-state index contributed by atoms with van der Waals surface area (Å²) in [7, 11) is 0. The molecule has 1 fully saturated rings. The van der Waals surface area contributed by atoms with E-state index in [4.69, 9.17) is 10.5 Å². The van der Waals surface area contributed by atoms with Crippen LogP contribution in [0.25, 0.3) is 0 Å². The fourth-order valence-electron chi connectivity index (χ4n) is 2.60. The minimum atomic E-state index is -0.618. The molecule has 6 heteroatoms. The molecule has 1 aromatic rings. The molecule has 0 saturated heterocycles. The van der Waals surface area contributed by atoms with E-state index >= 15 is 0 Å². The molecule has 6 nitrogen and oxygen atoms in total. The molecule has 3 amide bonds. The van der Waals surface area contributed by atoms with Crippen LogP contribution in [0.4, 0.5) is 16.2 Å². The Morgan fingerprint density at radius 1 is 1.18 bits per heavy atom. The molecule has 4 N–H and O–H groups in total. The minimum Gasteiger partial charge on any atom is -0.365 e. The second-order valence-corrected chi connectivity index (χ2v) is 5.50. The molecule has 0 unspecified atom stereocenters. The maximum absolute atomic E-state index is 12.3. The van der Waals surface area contributed by atoms with E-state index < -0.39 is 12.1 Å². The van der Waals surface area contributed by atoms with Gasteiger partial charge < -0.3 is 21.1 Å². The number of nitrogens with two attached hydrogens (primary N) is 1. The van der Waals surface area contributed by atoms with Crippen molar-refractivity contribution in [3.63, 3.8) is 0 Å². The molecular weight excluding hydrogens is 282 g/mol. The summed E-state index contributed by atoms with van der Waals surface area (Å²) in [5.74, 6) is -0.134. The second-order valence-electron chi connectivity index (χ2n) is 5.50. The summed E-state index contributed by atoms with van der Waals surface area (Å²) in [4.78, 5) is 23.0. The third kappa shape index (κ3) is 4.73. The highest BCUT2D eigenvalue weighted by Gasteiger charge is 2.24. The number of nitrogens with one attached hydrogen (secondary N) is 2. The summed E-state index contributed by atoms with van der Waals surface area (Å²) in [6.45, 7) is 1.94. The van der Waals surface area contributed by atoms with Crippen LogP contribution < -0.4 is 16.4 Å². The fourth-order valence-corrected chi connectivity index (χ4v) is 2.60. The molecule has 0 bridgehead atoms. The standard InChI is InChI=1S/C16H23N3O3/c1-2-14(22-13-5-3-4-6-13)15(20)18-11-7-9-12(10-8-11)19-16(17)21/h7-10,13-14H,2-6H2,1H3,(H,18,20)(H3,17,19,21)/t14-/m1/s1. The lowest BCUT2D eigenvalue weighted by Gasteiger charge is -2.20. The molecule has 0 spiro atoms. The second kappa shape index (κ2) is 7.79. The molecule has 1 saturated carbocycles. The Hall–Kier alpha value is -2.08. The smallest absolute Gasteiger partial charge is 0.316 e. The third-order valence-electron chi connectivity index (χ3n) is 3.74. The van der Waals surface area contributed by atoms with E-state index in [9.17, 15) is 9.59 Å². The predicted octanol–water partition coefficient (Wildman–Crippen LogP) is 2.85. The number of ether oxygens (including phenoxy) is 1. The number of urea groups is 1. The Labute approximate surface area is 130 Å². The number of hydrogen-bond acceptors (Lipinski definition) is 3. The zero-order valence-electron chi connectivity index (χ0n) is 12.8. The first-order valence-electron chi connectivity index (χ1n) is 7.71. The van der Waals surface area contributed by atoms with Gasteiger partial charge in [-0.05, 0) is 43.5 Å². The van der Waals surface area contributed by atoms with Gasteiger partial charge in [0.15, 0.2) is 0 Å². The van der Waals surface area contributed by atoms with E-state index in [1.807, 2.05) is 6.92 Å². The quantitative estimate of drug-likeness (QED) is 0.754. The highest BCUT2D eigenvalue weighted by molar-refractivity contribution is 5.94. The molecule has 0 aliphatic heterocycles. The van der Waals surface area contributed by atoms with Crippen LogP contribution >= 0.6 is 0 Å². The summed E-state index contributed by atoms with van der Waals surface area (Å²) < 4.78 is 5.89. The molecule has 2 rings (SSSR count). The van der Waals surface area contributed by atoms with Crippen molar-refractivity contribution in [3.05, 3.63) is 24.3 Å². The van der Waals surface area contributed by atoms with E-state index in [0.29, 0.717) is 17.8 Å². The van der Waals surface area contributed by atoms with Gasteiger partial charge in [-0.3, -0.25) is 4.79 Å². The van der Waals surface area contributed by atoms with Crippen LogP contribution in [0.5, 0.6) is 0 Å². The lowest BCUT2D eigenvalue weighted by molar-refractivity contribution is -0.131. The largest absolute Gasteiger partial charge is 0.365 e. The number of amides is 3. The van der Waals surface area contributed by atoms with Gasteiger partial charge in [0.05, 0.1) is 6.10 Å². The van der Waals surface area contributed by atoms with Crippen molar-refractivity contribution in [1.29, 1.82) is 0 Å². The number of carbonyl (C=O) groups is 2. The average molecular weight is 305 g/mol. The molecule has 0 aromatic heterocycles. The summed E-state index contributed by atoms with van der Waals surface area (Å²) in [5, 5.41) is 5.31. The van der Waals surface area contributed by atoms with E-state index in [0.717, 1.165) is 12.8 Å². The van der Waals surface area contributed by atoms with Crippen LogP contribution in [0.3, 0.4) is 0 Å². The Morgan fingerprint density at radius 2 is 1.73 bits per heavy atom. The van der Waals surface area contributed by atoms with E-state index in [1.165, 1.54) is 12.8 Å². The fraction of sp³-hybridized carbons (Fsp3) is 0.500. The van der Waals surface area contributed by atoms with Crippen molar-refractivity contribution in [3.8, 4) is 0 Å². The molecule has 0 heterocycles. The van der Waals surface area contributed by atoms with Crippen molar-refractivity contribution in [2.75, 3.05) is 10.6 Å². The maximum Gasteiger partial charge on any atom is 0.316 e. The number of hydrogen-bond donors (Lipinski definition) is 3. The number of rotatable bonds is 6. The van der Waals surface area contributed by atoms with E-state index in [-0.39, 0.29) is 12.0 Å². The molecular formula is C16H23N3O3. The summed E-state index contributed by atoms with van der Waals surface area (Å²) in [6, 6.07) is 6.17. The Balaban J connectivity index is 1.89. The molecule has 1 atom stereocenters. The van der Waals surface area contributed by atoms with Crippen LogP contribution in [-0.4, -0.2) is 24.1 Å². The van der Waals surface area contributed by atoms with Crippen molar-refractivity contribution in [2.24, 2.45) is 5.73 Å². The number of primary amides is 1. The average Bonchev–Trinajstić information content (AvgIpc) is 2.99. The number of anilines is 2. The van der Waals surface area contributed by atoms with Crippen molar-refractivity contribution in [1.82, 2.24) is 0 Å². The normalized spacial score (nSPS) is 16.2. The van der Waals surface area contributed by atoms with Crippen molar-refractivity contribution >= 4 is 23.3 Å². The van der Waals surface area contributed by atoms with Crippen LogP contribution in [0.1, 0.15) is 39.0 Å². The highest BCUT2D eigenvalue weighted by atomic mass is 16.5. The third-order valence-corrected chi connectivity index (χ3v) is 3.74. The highest BCUT2D eigenvalue weighted by Crippen LogP contribution is 2.23. The molecule has 0 radical (unpaired) electrons. The maximum atomic E-state index is 12.3. The minimum absolute atomic E-state index is 0.134. The van der Waals surface area contributed by atoms with Crippen LogP contribution in [0, 0.1) is 0 Å². The van der Waals surface area contributed by atoms with Crippen LogP contribution in [0.15, 0.2) is 24.3 Å². The number of benzene rings is 1.